The molecule has 4 heteroatoms. The van der Waals surface area contributed by atoms with Gasteiger partial charge in [0.2, 0.25) is 0 Å². The van der Waals surface area contributed by atoms with Gasteiger partial charge in [-0.25, -0.2) is 0 Å². The zero-order valence-electron chi connectivity index (χ0n) is 10.5. The summed E-state index contributed by atoms with van der Waals surface area (Å²) in [5.74, 6) is -0.150. The fraction of sp³-hybridized carbons (Fsp3) is 0.462. The second-order valence-electron chi connectivity index (χ2n) is 3.74. The van der Waals surface area contributed by atoms with E-state index in [1.807, 2.05) is 36.9 Å². The van der Waals surface area contributed by atoms with Gasteiger partial charge in [0.05, 0.1) is 7.11 Å². The fourth-order valence-electron chi connectivity index (χ4n) is 1.91. The predicted octanol–water partition coefficient (Wildman–Crippen LogP) is 2.16. The normalized spacial score (nSPS) is 12.5. The first-order valence-corrected chi connectivity index (χ1v) is 5.74. The van der Waals surface area contributed by atoms with Crippen molar-refractivity contribution in [2.75, 3.05) is 20.2 Å². The van der Waals surface area contributed by atoms with Crippen molar-refractivity contribution in [3.8, 4) is 5.75 Å². The molecule has 17 heavy (non-hydrogen) atoms. The number of ether oxygens (including phenoxy) is 1. The van der Waals surface area contributed by atoms with Gasteiger partial charge in [-0.1, -0.05) is 26.0 Å². The molecule has 0 heterocycles. The minimum absolute atomic E-state index is 0.611. The van der Waals surface area contributed by atoms with Crippen molar-refractivity contribution < 1.29 is 14.6 Å². The van der Waals surface area contributed by atoms with Crippen LogP contribution in [0.1, 0.15) is 25.5 Å². The van der Waals surface area contributed by atoms with E-state index in [4.69, 9.17) is 4.74 Å². The average molecular weight is 237 g/mol. The number of carbonyl (C=O) groups is 1. The molecule has 0 fully saturated rings. The number of rotatable bonds is 6. The first kappa shape index (κ1) is 13.5. The van der Waals surface area contributed by atoms with Crippen LogP contribution >= 0.6 is 0 Å². The number of carboxylic acid groups (broad SMARTS) is 1. The Balaban J connectivity index is 3.08. The highest BCUT2D eigenvalue weighted by Crippen LogP contribution is 2.24. The van der Waals surface area contributed by atoms with E-state index < -0.39 is 12.0 Å². The van der Waals surface area contributed by atoms with Gasteiger partial charge in [0, 0.05) is 0 Å². The Hall–Kier alpha value is -1.55. The molecule has 0 amide bonds. The molecule has 0 saturated heterocycles. The van der Waals surface area contributed by atoms with Gasteiger partial charge >= 0.3 is 5.97 Å². The molecule has 0 radical (unpaired) electrons. The highest BCUT2D eigenvalue weighted by molar-refractivity contribution is 5.75. The Bertz CT molecular complexity index is 375. The second-order valence-corrected chi connectivity index (χ2v) is 3.74. The Morgan fingerprint density at radius 2 is 2.06 bits per heavy atom. The highest BCUT2D eigenvalue weighted by Gasteiger charge is 2.25. The molecule has 0 aromatic heterocycles. The van der Waals surface area contributed by atoms with Crippen molar-refractivity contribution >= 4 is 5.97 Å². The molecule has 1 unspecified atom stereocenters. The molecule has 0 bridgehead atoms. The van der Waals surface area contributed by atoms with Crippen LogP contribution in [0.2, 0.25) is 0 Å². The summed E-state index contributed by atoms with van der Waals surface area (Å²) in [6.07, 6.45) is 0. The summed E-state index contributed by atoms with van der Waals surface area (Å²) >= 11 is 0. The van der Waals surface area contributed by atoms with Gasteiger partial charge in [-0.3, -0.25) is 9.69 Å². The number of aliphatic carboxylic acids is 1. The van der Waals surface area contributed by atoms with E-state index >= 15 is 0 Å². The molecule has 94 valence electrons. The molecule has 0 aliphatic heterocycles. The Morgan fingerprint density at radius 1 is 1.41 bits per heavy atom. The van der Waals surface area contributed by atoms with E-state index in [0.717, 1.165) is 5.56 Å². The largest absolute Gasteiger partial charge is 0.497 e. The SMILES string of the molecule is CCN(CC)C(C(=O)O)c1cccc(OC)c1. The van der Waals surface area contributed by atoms with Crippen LogP contribution in [0.4, 0.5) is 0 Å². The summed E-state index contributed by atoms with van der Waals surface area (Å²) in [5, 5.41) is 9.34. The van der Waals surface area contributed by atoms with Crippen LogP contribution in [0, 0.1) is 0 Å². The van der Waals surface area contributed by atoms with Crippen molar-refractivity contribution in [2.24, 2.45) is 0 Å². The van der Waals surface area contributed by atoms with Gasteiger partial charge in [-0.2, -0.15) is 0 Å². The number of nitrogens with zero attached hydrogens (tertiary/aromatic N) is 1. The van der Waals surface area contributed by atoms with Crippen molar-refractivity contribution in [3.63, 3.8) is 0 Å². The maximum atomic E-state index is 11.4. The molecular weight excluding hydrogens is 218 g/mol. The molecular formula is C13H19NO3. The molecule has 1 aromatic rings. The third kappa shape index (κ3) is 3.20. The Labute approximate surface area is 102 Å². The maximum absolute atomic E-state index is 11.4. The van der Waals surface area contributed by atoms with E-state index in [1.54, 1.807) is 13.2 Å². The van der Waals surface area contributed by atoms with Gasteiger partial charge in [-0.05, 0) is 30.8 Å². The van der Waals surface area contributed by atoms with Gasteiger partial charge in [0.15, 0.2) is 0 Å². The van der Waals surface area contributed by atoms with E-state index in [9.17, 15) is 9.90 Å². The van der Waals surface area contributed by atoms with E-state index in [0.29, 0.717) is 18.8 Å². The van der Waals surface area contributed by atoms with Gasteiger partial charge in [0.1, 0.15) is 11.8 Å². The summed E-state index contributed by atoms with van der Waals surface area (Å²) in [4.78, 5) is 13.3. The smallest absolute Gasteiger partial charge is 0.325 e. The van der Waals surface area contributed by atoms with Gasteiger partial charge in [-0.15, -0.1) is 0 Å². The molecule has 1 aromatic carbocycles. The molecule has 0 aliphatic carbocycles. The van der Waals surface area contributed by atoms with E-state index in [2.05, 4.69) is 0 Å². The molecule has 0 aliphatic rings. The summed E-state index contributed by atoms with van der Waals surface area (Å²) in [6, 6.07) is 6.61. The predicted molar refractivity (Wildman–Crippen MR) is 66.3 cm³/mol. The number of methoxy groups -OCH3 is 1. The Morgan fingerprint density at radius 3 is 2.53 bits per heavy atom. The zero-order valence-corrected chi connectivity index (χ0v) is 10.5. The quantitative estimate of drug-likeness (QED) is 0.823. The van der Waals surface area contributed by atoms with Crippen LogP contribution in [0.25, 0.3) is 0 Å². The summed E-state index contributed by atoms with van der Waals surface area (Å²) < 4.78 is 5.12. The maximum Gasteiger partial charge on any atom is 0.325 e. The lowest BCUT2D eigenvalue weighted by molar-refractivity contribution is -0.143. The van der Waals surface area contributed by atoms with Crippen LogP contribution < -0.4 is 4.74 Å². The minimum Gasteiger partial charge on any atom is -0.497 e. The molecule has 1 atom stereocenters. The van der Waals surface area contributed by atoms with Crippen LogP contribution in [0.5, 0.6) is 5.75 Å². The lowest BCUT2D eigenvalue weighted by atomic mass is 10.0. The van der Waals surface area contributed by atoms with Crippen LogP contribution in [-0.4, -0.2) is 36.2 Å². The van der Waals surface area contributed by atoms with E-state index in [-0.39, 0.29) is 0 Å². The number of hydrogen-bond donors (Lipinski definition) is 1. The summed E-state index contributed by atoms with van der Waals surface area (Å²) in [5.41, 5.74) is 0.751. The molecule has 4 nitrogen and oxygen atoms in total. The third-order valence-electron chi connectivity index (χ3n) is 2.82. The average Bonchev–Trinajstić information content (AvgIpc) is 2.35. The minimum atomic E-state index is -0.832. The summed E-state index contributed by atoms with van der Waals surface area (Å²) in [6.45, 7) is 5.31. The zero-order chi connectivity index (χ0) is 12.8. The monoisotopic (exact) mass is 237 g/mol. The van der Waals surface area contributed by atoms with Crippen molar-refractivity contribution in [1.82, 2.24) is 4.90 Å². The van der Waals surface area contributed by atoms with Crippen LogP contribution in [0.15, 0.2) is 24.3 Å². The lowest BCUT2D eigenvalue weighted by Crippen LogP contribution is -2.33. The first-order chi connectivity index (χ1) is 8.13. The van der Waals surface area contributed by atoms with Crippen molar-refractivity contribution in [3.05, 3.63) is 29.8 Å². The van der Waals surface area contributed by atoms with Gasteiger partial charge < -0.3 is 9.84 Å². The number of carboxylic acids is 1. The first-order valence-electron chi connectivity index (χ1n) is 5.74. The van der Waals surface area contributed by atoms with Crippen molar-refractivity contribution in [1.29, 1.82) is 0 Å². The Kier molecular flexibility index (Phi) is 4.97. The molecule has 0 saturated carbocycles. The second kappa shape index (κ2) is 6.25. The lowest BCUT2D eigenvalue weighted by Gasteiger charge is -2.26. The van der Waals surface area contributed by atoms with Crippen LogP contribution in [-0.2, 0) is 4.79 Å². The van der Waals surface area contributed by atoms with E-state index in [1.165, 1.54) is 0 Å². The van der Waals surface area contributed by atoms with Crippen LogP contribution in [0.3, 0.4) is 0 Å². The molecule has 1 rings (SSSR count). The third-order valence-corrected chi connectivity index (χ3v) is 2.82. The van der Waals surface area contributed by atoms with Crippen molar-refractivity contribution in [2.45, 2.75) is 19.9 Å². The van der Waals surface area contributed by atoms with Gasteiger partial charge in [0.25, 0.3) is 0 Å². The number of likely N-dealkylation sites (N-methyl/N-ethyl adjacent to an activating group) is 1. The molecule has 0 spiro atoms. The summed E-state index contributed by atoms with van der Waals surface area (Å²) in [7, 11) is 1.58. The number of benzene rings is 1. The molecule has 1 N–H and O–H groups in total. The standard InChI is InChI=1S/C13H19NO3/c1-4-14(5-2)12(13(15)16)10-7-6-8-11(9-10)17-3/h6-9,12H,4-5H2,1-3H3,(H,15,16). The highest BCUT2D eigenvalue weighted by atomic mass is 16.5. The topological polar surface area (TPSA) is 49.8 Å². The number of hydrogen-bond acceptors (Lipinski definition) is 3. The fourth-order valence-corrected chi connectivity index (χ4v) is 1.91.